The van der Waals surface area contributed by atoms with Crippen molar-refractivity contribution >= 4 is 39.1 Å². The van der Waals surface area contributed by atoms with E-state index in [0.717, 1.165) is 15.8 Å². The van der Waals surface area contributed by atoms with Crippen LogP contribution in [0.2, 0.25) is 0 Å². The Morgan fingerprint density at radius 2 is 1.63 bits per heavy atom. The van der Waals surface area contributed by atoms with Gasteiger partial charge in [0.2, 0.25) is 0 Å². The van der Waals surface area contributed by atoms with Crippen molar-refractivity contribution in [1.82, 2.24) is 10.3 Å². The number of benzene rings is 3. The molecule has 0 aliphatic rings. The average Bonchev–Trinajstić information content (AvgIpc) is 3.31. The lowest BCUT2D eigenvalue weighted by Gasteiger charge is -2.25. The van der Waals surface area contributed by atoms with Gasteiger partial charge >= 0.3 is 0 Å². The van der Waals surface area contributed by atoms with E-state index in [1.807, 2.05) is 48.5 Å². The number of hydrogen-bond acceptors (Lipinski definition) is 6. The maximum Gasteiger partial charge on any atom is 0.280 e. The van der Waals surface area contributed by atoms with Crippen molar-refractivity contribution in [1.29, 1.82) is 0 Å². The number of aromatic nitrogens is 1. The second-order valence-corrected chi connectivity index (χ2v) is 9.69. The minimum absolute atomic E-state index is 0.182. The summed E-state index contributed by atoms with van der Waals surface area (Å²) in [7, 11) is 3.08. The molecule has 35 heavy (non-hydrogen) atoms. The standard InChI is InChI=1S/C27H27N3O4S/c1-27(2,16-28-25(32)26-30-20-7-5-6-8-23(20)35-26)18-10-12-19(13-11-18)29-24(31)17-9-14-21(33-3)22(15-17)34-4/h5-15H,16H2,1-4H3,(H,28,32)(H,29,31). The summed E-state index contributed by atoms with van der Waals surface area (Å²) in [6.07, 6.45) is 0. The first-order valence-electron chi connectivity index (χ1n) is 11.1. The topological polar surface area (TPSA) is 89.6 Å². The number of thiazole rings is 1. The molecule has 1 aromatic heterocycles. The molecular formula is C27H27N3O4S. The van der Waals surface area contributed by atoms with E-state index in [1.54, 1.807) is 25.3 Å². The fourth-order valence-corrected chi connectivity index (χ4v) is 4.52. The molecular weight excluding hydrogens is 462 g/mol. The van der Waals surface area contributed by atoms with Gasteiger partial charge in [0.25, 0.3) is 11.8 Å². The molecule has 7 nitrogen and oxygen atoms in total. The highest BCUT2D eigenvalue weighted by atomic mass is 32.1. The summed E-state index contributed by atoms with van der Waals surface area (Å²) in [6, 6.07) is 20.3. The second kappa shape index (κ2) is 10.1. The lowest BCUT2D eigenvalue weighted by molar-refractivity contribution is 0.0944. The first-order chi connectivity index (χ1) is 16.8. The van der Waals surface area contributed by atoms with E-state index in [2.05, 4.69) is 29.5 Å². The Hall–Kier alpha value is -3.91. The summed E-state index contributed by atoms with van der Waals surface area (Å²) < 4.78 is 11.5. The van der Waals surface area contributed by atoms with Crippen LogP contribution in [0.4, 0.5) is 5.69 Å². The molecule has 0 bridgehead atoms. The summed E-state index contributed by atoms with van der Waals surface area (Å²) in [5.41, 5.74) is 2.67. The van der Waals surface area contributed by atoms with E-state index in [9.17, 15) is 9.59 Å². The Labute approximate surface area is 208 Å². The smallest absolute Gasteiger partial charge is 0.280 e. The SMILES string of the molecule is COc1ccc(C(=O)Nc2ccc(C(C)(C)CNC(=O)c3nc4ccccc4s3)cc2)cc1OC. The van der Waals surface area contributed by atoms with Crippen molar-refractivity contribution in [2.24, 2.45) is 0 Å². The molecule has 4 aromatic rings. The van der Waals surface area contributed by atoms with Crippen molar-refractivity contribution < 1.29 is 19.1 Å². The summed E-state index contributed by atoms with van der Waals surface area (Å²) in [6.45, 7) is 4.56. The fourth-order valence-electron chi connectivity index (χ4n) is 3.63. The second-order valence-electron chi connectivity index (χ2n) is 8.65. The van der Waals surface area contributed by atoms with Crippen molar-refractivity contribution in [3.8, 4) is 11.5 Å². The lowest BCUT2D eigenvalue weighted by atomic mass is 9.84. The van der Waals surface area contributed by atoms with Crippen LogP contribution in [0, 0.1) is 0 Å². The molecule has 0 aliphatic heterocycles. The molecule has 4 rings (SSSR count). The highest BCUT2D eigenvalue weighted by Crippen LogP contribution is 2.29. The predicted molar refractivity (Wildman–Crippen MR) is 139 cm³/mol. The summed E-state index contributed by atoms with van der Waals surface area (Å²) in [4.78, 5) is 29.8. The fraction of sp³-hybridized carbons (Fsp3) is 0.222. The Morgan fingerprint density at radius 1 is 0.914 bits per heavy atom. The number of nitrogens with zero attached hydrogens (tertiary/aromatic N) is 1. The van der Waals surface area contributed by atoms with E-state index >= 15 is 0 Å². The van der Waals surface area contributed by atoms with Crippen molar-refractivity contribution in [2.75, 3.05) is 26.1 Å². The Morgan fingerprint density at radius 3 is 2.31 bits per heavy atom. The van der Waals surface area contributed by atoms with Crippen LogP contribution in [0.25, 0.3) is 10.2 Å². The summed E-state index contributed by atoms with van der Waals surface area (Å²) >= 11 is 1.38. The van der Waals surface area contributed by atoms with Crippen LogP contribution in [-0.4, -0.2) is 37.6 Å². The normalized spacial score (nSPS) is 11.2. The third-order valence-electron chi connectivity index (χ3n) is 5.75. The number of anilines is 1. The number of para-hydroxylation sites is 1. The molecule has 8 heteroatoms. The van der Waals surface area contributed by atoms with Gasteiger partial charge in [0.1, 0.15) is 0 Å². The molecule has 2 N–H and O–H groups in total. The van der Waals surface area contributed by atoms with Crippen molar-refractivity contribution in [3.05, 3.63) is 82.9 Å². The monoisotopic (exact) mass is 489 g/mol. The number of carbonyl (C=O) groups is 2. The van der Waals surface area contributed by atoms with Crippen molar-refractivity contribution in [2.45, 2.75) is 19.3 Å². The number of hydrogen-bond donors (Lipinski definition) is 2. The number of amides is 2. The highest BCUT2D eigenvalue weighted by Gasteiger charge is 2.23. The Balaban J connectivity index is 1.38. The van der Waals surface area contributed by atoms with Crippen LogP contribution in [-0.2, 0) is 5.41 Å². The molecule has 3 aromatic carbocycles. The number of fused-ring (bicyclic) bond motifs is 1. The van der Waals surface area contributed by atoms with E-state index in [1.165, 1.54) is 18.4 Å². The molecule has 1 heterocycles. The molecule has 180 valence electrons. The van der Waals surface area contributed by atoms with Crippen LogP contribution >= 0.6 is 11.3 Å². The van der Waals surface area contributed by atoms with Gasteiger partial charge in [0, 0.05) is 23.2 Å². The van der Waals surface area contributed by atoms with Crippen LogP contribution in [0.5, 0.6) is 11.5 Å². The zero-order valence-corrected chi connectivity index (χ0v) is 20.9. The van der Waals surface area contributed by atoms with Gasteiger partial charge in [-0.05, 0) is 48.0 Å². The van der Waals surface area contributed by atoms with Gasteiger partial charge in [-0.3, -0.25) is 9.59 Å². The Kier molecular flexibility index (Phi) is 7.02. The van der Waals surface area contributed by atoms with Gasteiger partial charge in [0.05, 0.1) is 24.4 Å². The molecule has 0 saturated heterocycles. The molecule has 0 fully saturated rings. The number of carbonyl (C=O) groups excluding carboxylic acids is 2. The molecule has 0 aliphatic carbocycles. The van der Waals surface area contributed by atoms with Gasteiger partial charge in [-0.2, -0.15) is 0 Å². The van der Waals surface area contributed by atoms with E-state index < -0.39 is 0 Å². The molecule has 0 saturated carbocycles. The van der Waals surface area contributed by atoms with E-state index in [0.29, 0.717) is 34.3 Å². The maximum absolute atomic E-state index is 12.7. The van der Waals surface area contributed by atoms with Crippen LogP contribution in [0.15, 0.2) is 66.7 Å². The minimum atomic E-state index is -0.321. The van der Waals surface area contributed by atoms with Gasteiger partial charge < -0.3 is 20.1 Å². The maximum atomic E-state index is 12.7. The van der Waals surface area contributed by atoms with Crippen LogP contribution in [0.3, 0.4) is 0 Å². The summed E-state index contributed by atoms with van der Waals surface area (Å²) in [5.74, 6) is 0.621. The molecule has 0 radical (unpaired) electrons. The minimum Gasteiger partial charge on any atom is -0.493 e. The number of nitrogens with one attached hydrogen (secondary N) is 2. The lowest BCUT2D eigenvalue weighted by Crippen LogP contribution is -2.36. The van der Waals surface area contributed by atoms with E-state index in [-0.39, 0.29) is 17.2 Å². The Bertz CT molecular complexity index is 1330. The highest BCUT2D eigenvalue weighted by molar-refractivity contribution is 7.20. The van der Waals surface area contributed by atoms with Gasteiger partial charge in [-0.1, -0.05) is 38.1 Å². The first-order valence-corrected chi connectivity index (χ1v) is 11.9. The van der Waals surface area contributed by atoms with E-state index in [4.69, 9.17) is 9.47 Å². The van der Waals surface area contributed by atoms with Crippen LogP contribution in [0.1, 0.15) is 39.6 Å². The zero-order valence-electron chi connectivity index (χ0n) is 20.0. The predicted octanol–water partition coefficient (Wildman–Crippen LogP) is 5.27. The quantitative estimate of drug-likeness (QED) is 0.352. The third-order valence-corrected chi connectivity index (χ3v) is 6.78. The largest absolute Gasteiger partial charge is 0.493 e. The zero-order chi connectivity index (χ0) is 25.0. The van der Waals surface area contributed by atoms with Crippen molar-refractivity contribution in [3.63, 3.8) is 0 Å². The molecule has 0 spiro atoms. The van der Waals surface area contributed by atoms with Gasteiger partial charge in [0.15, 0.2) is 16.5 Å². The number of rotatable bonds is 8. The molecule has 0 unspecified atom stereocenters. The number of methoxy groups -OCH3 is 2. The molecule has 2 amide bonds. The third kappa shape index (κ3) is 5.44. The van der Waals surface area contributed by atoms with Gasteiger partial charge in [-0.15, -0.1) is 11.3 Å². The first kappa shape index (κ1) is 24.2. The van der Waals surface area contributed by atoms with Gasteiger partial charge in [-0.25, -0.2) is 4.98 Å². The molecule has 0 atom stereocenters. The average molecular weight is 490 g/mol. The van der Waals surface area contributed by atoms with Crippen LogP contribution < -0.4 is 20.1 Å². The summed E-state index contributed by atoms with van der Waals surface area (Å²) in [5, 5.41) is 6.36. The number of ether oxygens (including phenoxy) is 2.